The number of urea groups is 1. The third kappa shape index (κ3) is 3.40. The summed E-state index contributed by atoms with van der Waals surface area (Å²) in [5, 5.41) is 2.90. The zero-order valence-electron chi connectivity index (χ0n) is 16.0. The summed E-state index contributed by atoms with van der Waals surface area (Å²) in [6.45, 7) is 5.89. The highest BCUT2D eigenvalue weighted by Crippen LogP contribution is 2.24. The molecule has 1 saturated heterocycles. The molecule has 0 atom stereocenters. The van der Waals surface area contributed by atoms with E-state index >= 15 is 0 Å². The van der Waals surface area contributed by atoms with Gasteiger partial charge in [0.15, 0.2) is 11.6 Å². The number of likely N-dealkylation sites (tertiary alicyclic amines) is 1. The Balaban J connectivity index is 1.37. The number of carbonyl (C=O) groups is 1. The van der Waals surface area contributed by atoms with E-state index in [0.717, 1.165) is 29.8 Å². The first kappa shape index (κ1) is 18.3. The predicted octanol–water partition coefficient (Wildman–Crippen LogP) is 4.05. The van der Waals surface area contributed by atoms with Gasteiger partial charge in [-0.25, -0.2) is 14.2 Å². The highest BCUT2D eigenvalue weighted by Gasteiger charge is 2.32. The lowest BCUT2D eigenvalue weighted by molar-refractivity contribution is 0.0466. The van der Waals surface area contributed by atoms with Crippen LogP contribution in [0.3, 0.4) is 0 Å². The fourth-order valence-electron chi connectivity index (χ4n) is 3.48. The Hall–Kier alpha value is -3.09. The van der Waals surface area contributed by atoms with Crippen molar-refractivity contribution in [3.8, 4) is 5.75 Å². The minimum Gasteiger partial charge on any atom is -0.484 e. The molecule has 1 aromatic heterocycles. The van der Waals surface area contributed by atoms with Crippen LogP contribution in [0, 0.1) is 5.82 Å². The summed E-state index contributed by atoms with van der Waals surface area (Å²) < 4.78 is 21.4. The van der Waals surface area contributed by atoms with E-state index in [9.17, 15) is 9.18 Å². The molecule has 0 unspecified atom stereocenters. The highest BCUT2D eigenvalue weighted by molar-refractivity contribution is 5.92. The van der Waals surface area contributed by atoms with Crippen molar-refractivity contribution >= 4 is 22.8 Å². The van der Waals surface area contributed by atoms with Crippen LogP contribution in [0.5, 0.6) is 5.75 Å². The normalized spacial score (nSPS) is 14.2. The standard InChI is InChI=1S/C21H23FN4O2/c1-3-20-24-17-11-14(9-10-18(17)26(20)4-2)23-21(27)25-12-15(13-25)28-19-8-6-5-7-16(19)22/h5-11,15H,3-4,12-13H2,1-2H3,(H,23,27). The number of aromatic nitrogens is 2. The molecule has 1 aliphatic rings. The first-order chi connectivity index (χ1) is 13.6. The van der Waals surface area contributed by atoms with Gasteiger partial charge < -0.3 is 19.5 Å². The number of ether oxygens (including phenoxy) is 1. The number of nitrogens with one attached hydrogen (secondary N) is 1. The van der Waals surface area contributed by atoms with E-state index in [-0.39, 0.29) is 17.9 Å². The first-order valence-corrected chi connectivity index (χ1v) is 9.55. The van der Waals surface area contributed by atoms with Crippen molar-refractivity contribution in [2.45, 2.75) is 32.9 Å². The first-order valence-electron chi connectivity index (χ1n) is 9.55. The monoisotopic (exact) mass is 382 g/mol. The van der Waals surface area contributed by atoms with Gasteiger partial charge in [-0.1, -0.05) is 19.1 Å². The Morgan fingerprint density at radius 2 is 2.04 bits per heavy atom. The van der Waals surface area contributed by atoms with Gasteiger partial charge in [0.1, 0.15) is 11.9 Å². The van der Waals surface area contributed by atoms with Crippen LogP contribution >= 0.6 is 0 Å². The van der Waals surface area contributed by atoms with Gasteiger partial charge >= 0.3 is 6.03 Å². The average molecular weight is 382 g/mol. The van der Waals surface area contributed by atoms with E-state index in [0.29, 0.717) is 18.8 Å². The summed E-state index contributed by atoms with van der Waals surface area (Å²) in [4.78, 5) is 18.7. The molecule has 0 aliphatic carbocycles. The summed E-state index contributed by atoms with van der Waals surface area (Å²) >= 11 is 0. The quantitative estimate of drug-likeness (QED) is 0.724. The number of carbonyl (C=O) groups excluding carboxylic acids is 1. The molecule has 7 heteroatoms. The van der Waals surface area contributed by atoms with Gasteiger partial charge in [-0.3, -0.25) is 0 Å². The van der Waals surface area contributed by atoms with E-state index in [4.69, 9.17) is 4.74 Å². The minimum atomic E-state index is -0.392. The predicted molar refractivity (Wildman–Crippen MR) is 106 cm³/mol. The number of aryl methyl sites for hydroxylation is 2. The maximum atomic E-state index is 13.6. The summed E-state index contributed by atoms with van der Waals surface area (Å²) in [6.07, 6.45) is 0.666. The van der Waals surface area contributed by atoms with Crippen molar-refractivity contribution in [2.75, 3.05) is 18.4 Å². The fraction of sp³-hybridized carbons (Fsp3) is 0.333. The fourth-order valence-corrected chi connectivity index (χ4v) is 3.48. The summed E-state index contributed by atoms with van der Waals surface area (Å²) in [7, 11) is 0. The van der Waals surface area contributed by atoms with E-state index < -0.39 is 5.82 Å². The van der Waals surface area contributed by atoms with Crippen LogP contribution in [-0.4, -0.2) is 39.7 Å². The van der Waals surface area contributed by atoms with Gasteiger partial charge in [-0.15, -0.1) is 0 Å². The van der Waals surface area contributed by atoms with Crippen LogP contribution in [0.25, 0.3) is 11.0 Å². The number of amides is 2. The minimum absolute atomic E-state index is 0.196. The maximum Gasteiger partial charge on any atom is 0.322 e. The Labute approximate surface area is 162 Å². The van der Waals surface area contributed by atoms with Crippen molar-refractivity contribution in [2.24, 2.45) is 0 Å². The molecule has 2 amide bonds. The van der Waals surface area contributed by atoms with Crippen molar-refractivity contribution < 1.29 is 13.9 Å². The molecule has 3 aromatic rings. The molecular weight excluding hydrogens is 359 g/mol. The van der Waals surface area contributed by atoms with Crippen LogP contribution in [0.1, 0.15) is 19.7 Å². The Morgan fingerprint density at radius 1 is 1.25 bits per heavy atom. The van der Waals surface area contributed by atoms with E-state index in [1.165, 1.54) is 6.07 Å². The van der Waals surface area contributed by atoms with E-state index in [2.05, 4.69) is 28.7 Å². The maximum absolute atomic E-state index is 13.6. The lowest BCUT2D eigenvalue weighted by Gasteiger charge is -2.38. The lowest BCUT2D eigenvalue weighted by atomic mass is 10.2. The number of para-hydroxylation sites is 1. The molecule has 0 saturated carbocycles. The molecule has 1 N–H and O–H groups in total. The number of hydrogen-bond acceptors (Lipinski definition) is 3. The molecule has 6 nitrogen and oxygen atoms in total. The molecule has 0 spiro atoms. The van der Waals surface area contributed by atoms with Crippen molar-refractivity contribution in [3.63, 3.8) is 0 Å². The van der Waals surface area contributed by atoms with Crippen molar-refractivity contribution in [1.29, 1.82) is 0 Å². The second-order valence-corrected chi connectivity index (χ2v) is 6.83. The molecule has 2 aromatic carbocycles. The van der Waals surface area contributed by atoms with Crippen LogP contribution < -0.4 is 10.1 Å². The average Bonchev–Trinajstić information content (AvgIpc) is 3.02. The third-order valence-corrected chi connectivity index (χ3v) is 4.98. The van der Waals surface area contributed by atoms with Gasteiger partial charge in [-0.05, 0) is 37.3 Å². The second kappa shape index (κ2) is 7.50. The third-order valence-electron chi connectivity index (χ3n) is 4.98. The van der Waals surface area contributed by atoms with Gasteiger partial charge in [0, 0.05) is 18.7 Å². The van der Waals surface area contributed by atoms with Crippen LogP contribution in [0.2, 0.25) is 0 Å². The molecule has 28 heavy (non-hydrogen) atoms. The van der Waals surface area contributed by atoms with Crippen molar-refractivity contribution in [3.05, 3.63) is 54.1 Å². The van der Waals surface area contributed by atoms with Gasteiger partial charge in [0.05, 0.1) is 24.1 Å². The zero-order chi connectivity index (χ0) is 19.7. The van der Waals surface area contributed by atoms with Crippen LogP contribution in [0.4, 0.5) is 14.9 Å². The Kier molecular flexibility index (Phi) is 4.90. The molecule has 1 aliphatic heterocycles. The lowest BCUT2D eigenvalue weighted by Crippen LogP contribution is -2.57. The number of rotatable bonds is 5. The second-order valence-electron chi connectivity index (χ2n) is 6.83. The van der Waals surface area contributed by atoms with E-state index in [1.807, 2.05) is 18.2 Å². The van der Waals surface area contributed by atoms with E-state index in [1.54, 1.807) is 23.1 Å². The number of hydrogen-bond donors (Lipinski definition) is 1. The van der Waals surface area contributed by atoms with Gasteiger partial charge in [0.2, 0.25) is 0 Å². The SMILES string of the molecule is CCc1nc2cc(NC(=O)N3CC(Oc4ccccc4F)C3)ccc2n1CC. The molecule has 146 valence electrons. The Morgan fingerprint density at radius 3 is 2.75 bits per heavy atom. The van der Waals surface area contributed by atoms with Crippen LogP contribution in [-0.2, 0) is 13.0 Å². The number of nitrogens with zero attached hydrogens (tertiary/aromatic N) is 3. The summed E-state index contributed by atoms with van der Waals surface area (Å²) in [5.74, 6) is 0.866. The van der Waals surface area contributed by atoms with Gasteiger partial charge in [-0.2, -0.15) is 0 Å². The Bertz CT molecular complexity index is 1010. The number of benzene rings is 2. The summed E-state index contributed by atoms with van der Waals surface area (Å²) in [5.41, 5.74) is 2.65. The highest BCUT2D eigenvalue weighted by atomic mass is 19.1. The zero-order valence-corrected chi connectivity index (χ0v) is 16.0. The molecule has 4 rings (SSSR count). The molecule has 0 bridgehead atoms. The smallest absolute Gasteiger partial charge is 0.322 e. The molecular formula is C21H23FN4O2. The largest absolute Gasteiger partial charge is 0.484 e. The number of anilines is 1. The molecule has 0 radical (unpaired) electrons. The molecule has 2 heterocycles. The number of halogens is 1. The summed E-state index contributed by atoms with van der Waals surface area (Å²) in [6, 6.07) is 11.9. The van der Waals surface area contributed by atoms with Crippen molar-refractivity contribution in [1.82, 2.24) is 14.5 Å². The number of imidazole rings is 1. The van der Waals surface area contributed by atoms with Gasteiger partial charge in [0.25, 0.3) is 0 Å². The van der Waals surface area contributed by atoms with Crippen LogP contribution in [0.15, 0.2) is 42.5 Å². The number of fused-ring (bicyclic) bond motifs is 1. The topological polar surface area (TPSA) is 59.4 Å². The molecule has 1 fully saturated rings.